The van der Waals surface area contributed by atoms with Crippen LogP contribution in [0.15, 0.2) is 0 Å². The number of ketones is 2. The van der Waals surface area contributed by atoms with Gasteiger partial charge in [0, 0.05) is 12.8 Å². The van der Waals surface area contributed by atoms with Crippen molar-refractivity contribution in [1.82, 2.24) is 0 Å². The average molecular weight is 311 g/mol. The minimum absolute atomic E-state index is 0.146. The van der Waals surface area contributed by atoms with Crippen molar-refractivity contribution in [2.45, 2.75) is 92.9 Å². The Hall–Kier alpha value is -0.660. The third-order valence-electron chi connectivity index (χ3n) is 4.34. The predicted octanol–water partition coefficient (Wildman–Crippen LogP) is 5.83. The van der Waals surface area contributed by atoms with Gasteiger partial charge in [-0.05, 0) is 23.7 Å². The number of rotatable bonds is 13. The van der Waals surface area contributed by atoms with Crippen molar-refractivity contribution in [3.63, 3.8) is 0 Å². The van der Waals surface area contributed by atoms with Crippen molar-refractivity contribution in [1.29, 1.82) is 0 Å². The minimum atomic E-state index is -0.146. The van der Waals surface area contributed by atoms with E-state index in [0.717, 1.165) is 37.5 Å². The fourth-order valence-electron chi connectivity index (χ4n) is 2.81. The van der Waals surface area contributed by atoms with Gasteiger partial charge >= 0.3 is 0 Å². The van der Waals surface area contributed by atoms with Gasteiger partial charge < -0.3 is 0 Å². The van der Waals surface area contributed by atoms with Gasteiger partial charge in [-0.1, -0.05) is 80.1 Å². The van der Waals surface area contributed by atoms with E-state index >= 15 is 0 Å². The van der Waals surface area contributed by atoms with E-state index in [1.165, 1.54) is 12.8 Å². The Kier molecular flexibility index (Phi) is 11.5. The van der Waals surface area contributed by atoms with Gasteiger partial charge in [0.15, 0.2) is 11.6 Å². The molecule has 0 amide bonds. The number of hydrogen-bond acceptors (Lipinski definition) is 2. The largest absolute Gasteiger partial charge is 0.291 e. The molecule has 0 aliphatic heterocycles. The molecule has 0 aromatic heterocycles. The number of carbonyl (C=O) groups excluding carboxylic acids is 2. The number of carbonyl (C=O) groups is 2. The SMILES string of the molecule is CC(C)CCCC(C)CC(=O)C(=O)CC(C)CCCC(C)C. The highest BCUT2D eigenvalue weighted by atomic mass is 16.2. The Morgan fingerprint density at radius 1 is 0.591 bits per heavy atom. The predicted molar refractivity (Wildman–Crippen MR) is 95.0 cm³/mol. The van der Waals surface area contributed by atoms with Crippen molar-refractivity contribution in [3.8, 4) is 0 Å². The smallest absolute Gasteiger partial charge is 0.198 e. The van der Waals surface area contributed by atoms with Crippen LogP contribution in [0.5, 0.6) is 0 Å². The third kappa shape index (κ3) is 11.9. The van der Waals surface area contributed by atoms with Crippen LogP contribution in [0.25, 0.3) is 0 Å². The van der Waals surface area contributed by atoms with Crippen molar-refractivity contribution >= 4 is 11.6 Å². The molecule has 0 saturated heterocycles. The highest BCUT2D eigenvalue weighted by Crippen LogP contribution is 2.18. The van der Waals surface area contributed by atoms with Crippen LogP contribution in [-0.2, 0) is 9.59 Å². The molecule has 0 spiro atoms. The van der Waals surface area contributed by atoms with E-state index in [0.29, 0.717) is 24.7 Å². The molecule has 2 heteroatoms. The normalized spacial score (nSPS) is 14.4. The van der Waals surface area contributed by atoms with Crippen molar-refractivity contribution < 1.29 is 9.59 Å². The summed E-state index contributed by atoms with van der Waals surface area (Å²) in [5.74, 6) is 1.82. The van der Waals surface area contributed by atoms with Gasteiger partial charge in [-0.2, -0.15) is 0 Å². The van der Waals surface area contributed by atoms with E-state index in [-0.39, 0.29) is 11.6 Å². The topological polar surface area (TPSA) is 34.1 Å². The average Bonchev–Trinajstić information content (AvgIpc) is 2.37. The second-order valence-electron chi connectivity index (χ2n) is 8.11. The molecule has 0 radical (unpaired) electrons. The van der Waals surface area contributed by atoms with Gasteiger partial charge in [-0.15, -0.1) is 0 Å². The molecule has 0 bridgehead atoms. The number of Topliss-reactive ketones (excluding diaryl/α,β-unsaturated/α-hetero) is 2. The molecule has 0 aliphatic rings. The molecule has 0 aromatic carbocycles. The van der Waals surface area contributed by atoms with E-state index in [1.807, 2.05) is 0 Å². The van der Waals surface area contributed by atoms with E-state index in [9.17, 15) is 9.59 Å². The van der Waals surface area contributed by atoms with Gasteiger partial charge in [0.2, 0.25) is 0 Å². The van der Waals surface area contributed by atoms with Crippen LogP contribution in [0.4, 0.5) is 0 Å². The second kappa shape index (κ2) is 11.8. The first-order chi connectivity index (χ1) is 10.2. The lowest BCUT2D eigenvalue weighted by molar-refractivity contribution is -0.137. The monoisotopic (exact) mass is 310 g/mol. The standard InChI is InChI=1S/C20H38O2/c1-15(2)9-7-11-17(5)13-19(21)20(22)14-18(6)12-8-10-16(3)4/h15-18H,7-14H2,1-6H3. The fourth-order valence-corrected chi connectivity index (χ4v) is 2.81. The zero-order valence-corrected chi connectivity index (χ0v) is 15.8. The first kappa shape index (κ1) is 21.3. The Balaban J connectivity index is 3.92. The molecule has 0 rings (SSSR count). The lowest BCUT2D eigenvalue weighted by atomic mass is 9.91. The molecule has 0 aliphatic carbocycles. The summed E-state index contributed by atoms with van der Waals surface area (Å²) in [5.41, 5.74) is 0. The zero-order valence-electron chi connectivity index (χ0n) is 15.8. The van der Waals surface area contributed by atoms with Gasteiger partial charge in [0.25, 0.3) is 0 Å². The zero-order chi connectivity index (χ0) is 17.1. The Labute approximate surface area is 138 Å². The second-order valence-corrected chi connectivity index (χ2v) is 8.11. The molecule has 0 saturated carbocycles. The summed E-state index contributed by atoms with van der Waals surface area (Å²) in [5, 5.41) is 0. The molecular weight excluding hydrogens is 272 g/mol. The molecular formula is C20H38O2. The molecule has 0 aromatic rings. The summed E-state index contributed by atoms with van der Waals surface area (Å²) >= 11 is 0. The fraction of sp³-hybridized carbons (Fsp3) is 0.900. The molecule has 0 N–H and O–H groups in total. The Morgan fingerprint density at radius 3 is 1.18 bits per heavy atom. The first-order valence-electron chi connectivity index (χ1n) is 9.28. The van der Waals surface area contributed by atoms with E-state index in [1.54, 1.807) is 0 Å². The lowest BCUT2D eigenvalue weighted by Gasteiger charge is -2.13. The van der Waals surface area contributed by atoms with Crippen molar-refractivity contribution in [2.24, 2.45) is 23.7 Å². The summed E-state index contributed by atoms with van der Waals surface area (Å²) < 4.78 is 0. The van der Waals surface area contributed by atoms with Crippen LogP contribution >= 0.6 is 0 Å². The molecule has 130 valence electrons. The minimum Gasteiger partial charge on any atom is -0.291 e. The van der Waals surface area contributed by atoms with Crippen LogP contribution in [-0.4, -0.2) is 11.6 Å². The highest BCUT2D eigenvalue weighted by Gasteiger charge is 2.19. The van der Waals surface area contributed by atoms with Gasteiger partial charge in [0.05, 0.1) is 0 Å². The molecule has 2 atom stereocenters. The number of hydrogen-bond donors (Lipinski definition) is 0. The summed E-state index contributed by atoms with van der Waals surface area (Å²) in [7, 11) is 0. The van der Waals surface area contributed by atoms with Crippen LogP contribution in [0.1, 0.15) is 92.9 Å². The van der Waals surface area contributed by atoms with Crippen LogP contribution in [0.2, 0.25) is 0 Å². The molecule has 0 fully saturated rings. The van der Waals surface area contributed by atoms with Gasteiger partial charge in [0.1, 0.15) is 0 Å². The van der Waals surface area contributed by atoms with Crippen LogP contribution in [0.3, 0.4) is 0 Å². The summed E-state index contributed by atoms with van der Waals surface area (Å²) in [6.45, 7) is 13.1. The lowest BCUT2D eigenvalue weighted by Crippen LogP contribution is -2.19. The van der Waals surface area contributed by atoms with Crippen molar-refractivity contribution in [2.75, 3.05) is 0 Å². The maximum absolute atomic E-state index is 12.0. The molecule has 2 unspecified atom stereocenters. The van der Waals surface area contributed by atoms with Gasteiger partial charge in [-0.25, -0.2) is 0 Å². The maximum atomic E-state index is 12.0. The first-order valence-corrected chi connectivity index (χ1v) is 9.28. The highest BCUT2D eigenvalue weighted by molar-refractivity contribution is 6.37. The Morgan fingerprint density at radius 2 is 0.909 bits per heavy atom. The third-order valence-corrected chi connectivity index (χ3v) is 4.34. The van der Waals surface area contributed by atoms with E-state index in [2.05, 4.69) is 41.5 Å². The molecule has 2 nitrogen and oxygen atoms in total. The summed E-state index contributed by atoms with van der Waals surface area (Å²) in [6, 6.07) is 0. The van der Waals surface area contributed by atoms with E-state index in [4.69, 9.17) is 0 Å². The maximum Gasteiger partial charge on any atom is 0.198 e. The van der Waals surface area contributed by atoms with Gasteiger partial charge in [-0.3, -0.25) is 9.59 Å². The molecule has 22 heavy (non-hydrogen) atoms. The van der Waals surface area contributed by atoms with Crippen molar-refractivity contribution in [3.05, 3.63) is 0 Å². The van der Waals surface area contributed by atoms with Crippen LogP contribution in [0, 0.1) is 23.7 Å². The summed E-state index contributed by atoms with van der Waals surface area (Å²) in [4.78, 5) is 24.0. The molecule has 0 heterocycles. The van der Waals surface area contributed by atoms with Crippen LogP contribution < -0.4 is 0 Å². The summed E-state index contributed by atoms with van der Waals surface area (Å²) in [6.07, 6.45) is 7.73. The quantitative estimate of drug-likeness (QED) is 0.401. The van der Waals surface area contributed by atoms with E-state index < -0.39 is 0 Å². The Bertz CT molecular complexity index is 286.